The van der Waals surface area contributed by atoms with E-state index >= 15 is 0 Å². The van der Waals surface area contributed by atoms with Gasteiger partial charge in [0.15, 0.2) is 0 Å². The van der Waals surface area contributed by atoms with E-state index < -0.39 is 0 Å². The molecular formula is C7H7NS. The van der Waals surface area contributed by atoms with Gasteiger partial charge in [-0.2, -0.15) is 0 Å². The minimum absolute atomic E-state index is 0.611. The van der Waals surface area contributed by atoms with Crippen LogP contribution in [-0.2, 0) is 0 Å². The summed E-state index contributed by atoms with van der Waals surface area (Å²) in [6.45, 7) is 0. The molecule has 0 amide bonds. The van der Waals surface area contributed by atoms with E-state index in [1.54, 1.807) is 11.9 Å². The summed E-state index contributed by atoms with van der Waals surface area (Å²) in [5.74, 6) is 0.611. The predicted octanol–water partition coefficient (Wildman–Crippen LogP) is 2.18. The van der Waals surface area contributed by atoms with Crippen LogP contribution in [-0.4, -0.2) is 6.21 Å². The number of rotatable bonds is 0. The molecule has 0 bridgehead atoms. The number of hydrogen-bond donors (Lipinski definition) is 0. The minimum Gasteiger partial charge on any atom is -0.223 e. The summed E-state index contributed by atoms with van der Waals surface area (Å²) in [5.41, 5.74) is 0. The second-order valence-corrected chi connectivity index (χ2v) is 3.05. The number of hydrogen-bond acceptors (Lipinski definition) is 2. The van der Waals surface area contributed by atoms with Crippen LogP contribution in [0.5, 0.6) is 0 Å². The maximum Gasteiger partial charge on any atom is 0.0313 e. The molecule has 1 aliphatic carbocycles. The summed E-state index contributed by atoms with van der Waals surface area (Å²) >= 11 is 1.61. The molecule has 0 N–H and O–H groups in total. The van der Waals surface area contributed by atoms with Gasteiger partial charge in [0.2, 0.25) is 0 Å². The molecule has 2 heteroatoms. The molecule has 1 atom stereocenters. The number of allylic oxidation sites excluding steroid dienone is 4. The summed E-state index contributed by atoms with van der Waals surface area (Å²) < 4.78 is 4.11. The standard InChI is InChI=1S/C7H7NS/c1-2-4-7-6(3-1)5-8-9-7/h1-2,4-6H,3H2. The lowest BCUT2D eigenvalue weighted by Crippen LogP contribution is -1.99. The van der Waals surface area contributed by atoms with E-state index in [1.807, 2.05) is 6.21 Å². The number of fused-ring (bicyclic) bond motifs is 1. The lowest BCUT2D eigenvalue weighted by molar-refractivity contribution is 0.884. The molecule has 1 unspecified atom stereocenters. The highest BCUT2D eigenvalue weighted by Gasteiger charge is 2.17. The molecule has 0 aromatic rings. The van der Waals surface area contributed by atoms with Gasteiger partial charge in [-0.05, 0) is 6.42 Å². The Balaban J connectivity index is 2.29. The van der Waals surface area contributed by atoms with Crippen LogP contribution in [0.25, 0.3) is 0 Å². The van der Waals surface area contributed by atoms with E-state index in [0.717, 1.165) is 6.42 Å². The summed E-state index contributed by atoms with van der Waals surface area (Å²) in [5, 5.41) is 0. The summed E-state index contributed by atoms with van der Waals surface area (Å²) in [6.07, 6.45) is 9.60. The molecule has 0 spiro atoms. The maximum atomic E-state index is 4.11. The Morgan fingerprint density at radius 2 is 2.67 bits per heavy atom. The minimum atomic E-state index is 0.611. The molecule has 0 radical (unpaired) electrons. The van der Waals surface area contributed by atoms with Crippen LogP contribution < -0.4 is 0 Å². The van der Waals surface area contributed by atoms with Gasteiger partial charge in [0.1, 0.15) is 0 Å². The van der Waals surface area contributed by atoms with Gasteiger partial charge in [-0.3, -0.25) is 0 Å². The smallest absolute Gasteiger partial charge is 0.0313 e. The topological polar surface area (TPSA) is 12.4 Å². The average molecular weight is 137 g/mol. The van der Waals surface area contributed by atoms with Crippen LogP contribution >= 0.6 is 11.9 Å². The monoisotopic (exact) mass is 137 g/mol. The van der Waals surface area contributed by atoms with Crippen LogP contribution in [0.15, 0.2) is 27.5 Å². The van der Waals surface area contributed by atoms with Gasteiger partial charge in [0.05, 0.1) is 0 Å². The molecule has 0 saturated carbocycles. The van der Waals surface area contributed by atoms with E-state index in [0.29, 0.717) is 5.92 Å². The molecule has 1 heterocycles. The average Bonchev–Trinajstić information content (AvgIpc) is 2.33. The second kappa shape index (κ2) is 2.03. The zero-order chi connectivity index (χ0) is 6.10. The van der Waals surface area contributed by atoms with Gasteiger partial charge in [-0.1, -0.05) is 18.2 Å². The van der Waals surface area contributed by atoms with Crippen LogP contribution in [0.4, 0.5) is 0 Å². The third kappa shape index (κ3) is 0.833. The van der Waals surface area contributed by atoms with E-state index in [1.165, 1.54) is 4.91 Å². The van der Waals surface area contributed by atoms with Crippen LogP contribution in [0.1, 0.15) is 6.42 Å². The first-order valence-corrected chi connectivity index (χ1v) is 3.81. The normalized spacial score (nSPS) is 30.2. The second-order valence-electron chi connectivity index (χ2n) is 2.19. The first kappa shape index (κ1) is 5.30. The number of nitrogens with zero attached hydrogens (tertiary/aromatic N) is 1. The Bertz CT molecular complexity index is 203. The van der Waals surface area contributed by atoms with Crippen molar-refractivity contribution in [3.8, 4) is 0 Å². The quantitative estimate of drug-likeness (QED) is 0.466. The van der Waals surface area contributed by atoms with E-state index in [9.17, 15) is 0 Å². The first-order chi connectivity index (χ1) is 4.47. The first-order valence-electron chi connectivity index (χ1n) is 3.04. The van der Waals surface area contributed by atoms with Crippen molar-refractivity contribution in [2.45, 2.75) is 6.42 Å². The van der Waals surface area contributed by atoms with Crippen molar-refractivity contribution in [1.82, 2.24) is 0 Å². The van der Waals surface area contributed by atoms with Gasteiger partial charge >= 0.3 is 0 Å². The van der Waals surface area contributed by atoms with Crippen LogP contribution in [0, 0.1) is 5.92 Å². The molecule has 0 fully saturated rings. The summed E-state index contributed by atoms with van der Waals surface area (Å²) in [6, 6.07) is 0. The Hall–Kier alpha value is -0.500. The van der Waals surface area contributed by atoms with Gasteiger partial charge in [-0.15, -0.1) is 0 Å². The van der Waals surface area contributed by atoms with E-state index in [2.05, 4.69) is 22.6 Å². The largest absolute Gasteiger partial charge is 0.223 e. The van der Waals surface area contributed by atoms with E-state index in [-0.39, 0.29) is 0 Å². The van der Waals surface area contributed by atoms with Gasteiger partial charge < -0.3 is 0 Å². The Kier molecular flexibility index (Phi) is 1.19. The molecule has 1 nitrogen and oxygen atoms in total. The predicted molar refractivity (Wildman–Crippen MR) is 41.4 cm³/mol. The lowest BCUT2D eigenvalue weighted by atomic mass is 10.0. The highest BCUT2D eigenvalue weighted by Crippen LogP contribution is 2.34. The maximum absolute atomic E-state index is 4.11. The van der Waals surface area contributed by atoms with Crippen LogP contribution in [0.2, 0.25) is 0 Å². The Morgan fingerprint density at radius 3 is 3.56 bits per heavy atom. The summed E-state index contributed by atoms with van der Waals surface area (Å²) in [7, 11) is 0. The van der Waals surface area contributed by atoms with Crippen molar-refractivity contribution in [1.29, 1.82) is 0 Å². The third-order valence-electron chi connectivity index (χ3n) is 1.55. The molecule has 46 valence electrons. The fourth-order valence-electron chi connectivity index (χ4n) is 1.03. The molecule has 0 aromatic carbocycles. The SMILES string of the molecule is C1=CCC2C=NSC2=C1. The van der Waals surface area contributed by atoms with Gasteiger partial charge in [0, 0.05) is 29.0 Å². The fraction of sp³-hybridized carbons (Fsp3) is 0.286. The Labute approximate surface area is 58.7 Å². The molecule has 2 aliphatic rings. The zero-order valence-electron chi connectivity index (χ0n) is 4.95. The van der Waals surface area contributed by atoms with Crippen molar-refractivity contribution < 1.29 is 0 Å². The van der Waals surface area contributed by atoms with Crippen LogP contribution in [0.3, 0.4) is 0 Å². The molecule has 1 aliphatic heterocycles. The van der Waals surface area contributed by atoms with Crippen molar-refractivity contribution in [3.63, 3.8) is 0 Å². The third-order valence-corrected chi connectivity index (χ3v) is 2.43. The molecule has 2 rings (SSSR count). The molecule has 0 saturated heterocycles. The highest BCUT2D eigenvalue weighted by atomic mass is 32.2. The fourth-order valence-corrected chi connectivity index (χ4v) is 1.79. The van der Waals surface area contributed by atoms with Crippen molar-refractivity contribution in [3.05, 3.63) is 23.1 Å². The molecule has 9 heavy (non-hydrogen) atoms. The van der Waals surface area contributed by atoms with Gasteiger partial charge in [-0.25, -0.2) is 4.40 Å². The Morgan fingerprint density at radius 1 is 1.67 bits per heavy atom. The van der Waals surface area contributed by atoms with E-state index in [4.69, 9.17) is 0 Å². The lowest BCUT2D eigenvalue weighted by Gasteiger charge is -2.07. The molecule has 0 aromatic heterocycles. The van der Waals surface area contributed by atoms with Gasteiger partial charge in [0.25, 0.3) is 0 Å². The highest BCUT2D eigenvalue weighted by molar-refractivity contribution is 8.02. The van der Waals surface area contributed by atoms with Crippen molar-refractivity contribution in [2.24, 2.45) is 10.3 Å². The zero-order valence-corrected chi connectivity index (χ0v) is 5.77. The molecular weight excluding hydrogens is 130 g/mol. The van der Waals surface area contributed by atoms with Crippen molar-refractivity contribution in [2.75, 3.05) is 0 Å². The summed E-state index contributed by atoms with van der Waals surface area (Å²) in [4.78, 5) is 1.40. The van der Waals surface area contributed by atoms with Crippen molar-refractivity contribution >= 4 is 18.2 Å².